The highest BCUT2D eigenvalue weighted by Crippen LogP contribution is 2.41. The van der Waals surface area contributed by atoms with E-state index in [0.717, 1.165) is 27.4 Å². The first-order chi connectivity index (χ1) is 13.7. The Morgan fingerprint density at radius 1 is 1.17 bits per heavy atom. The molecule has 2 heterocycles. The Kier molecular flexibility index (Phi) is 4.70. The summed E-state index contributed by atoms with van der Waals surface area (Å²) in [7, 11) is 2.03. The normalized spacial score (nSPS) is 13.8. The number of urea groups is 1. The van der Waals surface area contributed by atoms with E-state index in [1.807, 2.05) is 52.1 Å². The zero-order valence-electron chi connectivity index (χ0n) is 17.0. The van der Waals surface area contributed by atoms with Crippen molar-refractivity contribution >= 4 is 44.7 Å². The summed E-state index contributed by atoms with van der Waals surface area (Å²) < 4.78 is 1.17. The van der Waals surface area contributed by atoms with Crippen LogP contribution >= 0.6 is 11.3 Å². The highest BCUT2D eigenvalue weighted by molar-refractivity contribution is 7.21. The molecule has 0 saturated carbocycles. The van der Waals surface area contributed by atoms with Crippen molar-refractivity contribution in [3.63, 3.8) is 0 Å². The van der Waals surface area contributed by atoms with Crippen molar-refractivity contribution in [2.24, 2.45) is 10.7 Å². The van der Waals surface area contributed by atoms with E-state index < -0.39 is 0 Å². The van der Waals surface area contributed by atoms with Crippen molar-refractivity contribution in [3.05, 3.63) is 47.3 Å². The van der Waals surface area contributed by atoms with Crippen molar-refractivity contribution in [1.82, 2.24) is 5.32 Å². The summed E-state index contributed by atoms with van der Waals surface area (Å²) in [6, 6.07) is 14.1. The number of carbonyl (C=O) groups is 1. The Balaban J connectivity index is 1.65. The van der Waals surface area contributed by atoms with Crippen LogP contribution in [0.4, 0.5) is 16.2 Å². The van der Waals surface area contributed by atoms with E-state index >= 15 is 0 Å². The fraction of sp³-hybridized carbons (Fsp3) is 0.273. The number of nitrogens with one attached hydrogen (secondary N) is 2. The van der Waals surface area contributed by atoms with Gasteiger partial charge in [-0.2, -0.15) is 0 Å². The molecule has 1 aliphatic heterocycles. The molecule has 29 heavy (non-hydrogen) atoms. The maximum atomic E-state index is 12.2. The lowest BCUT2D eigenvalue weighted by molar-refractivity contribution is 0.244. The number of carbonyl (C=O) groups excluding carboxylic acids is 1. The maximum absolute atomic E-state index is 12.2. The molecule has 1 aliphatic rings. The van der Waals surface area contributed by atoms with E-state index in [0.29, 0.717) is 12.5 Å². The Morgan fingerprint density at radius 2 is 1.93 bits per heavy atom. The predicted molar refractivity (Wildman–Crippen MR) is 123 cm³/mol. The zero-order chi connectivity index (χ0) is 20.8. The summed E-state index contributed by atoms with van der Waals surface area (Å²) in [5.74, 6) is 0.608. The Morgan fingerprint density at radius 3 is 2.69 bits per heavy atom. The van der Waals surface area contributed by atoms with Gasteiger partial charge in [0.05, 0.1) is 10.6 Å². The van der Waals surface area contributed by atoms with Crippen LogP contribution in [0.1, 0.15) is 25.6 Å². The fourth-order valence-electron chi connectivity index (χ4n) is 3.42. The SMILES string of the molecule is CN1CN=C(N)c2sc3cc(-c4cccc(NC(=O)NC(C)(C)C)c4)ccc3c21. The van der Waals surface area contributed by atoms with Crippen LogP contribution in [0.25, 0.3) is 21.2 Å². The van der Waals surface area contributed by atoms with Gasteiger partial charge in [-0.1, -0.05) is 24.3 Å². The van der Waals surface area contributed by atoms with Crippen molar-refractivity contribution in [2.75, 3.05) is 23.9 Å². The first-order valence-electron chi connectivity index (χ1n) is 9.49. The minimum absolute atomic E-state index is 0.214. The largest absolute Gasteiger partial charge is 0.383 e. The van der Waals surface area contributed by atoms with Crippen LogP contribution in [0, 0.1) is 0 Å². The second-order valence-corrected chi connectivity index (χ2v) is 9.34. The summed E-state index contributed by atoms with van der Waals surface area (Å²) in [6.45, 7) is 6.44. The van der Waals surface area contributed by atoms with Crippen molar-refractivity contribution in [2.45, 2.75) is 26.3 Å². The molecule has 2 amide bonds. The van der Waals surface area contributed by atoms with Gasteiger partial charge in [-0.3, -0.25) is 0 Å². The number of fused-ring (bicyclic) bond motifs is 3. The molecule has 7 heteroatoms. The summed E-state index contributed by atoms with van der Waals surface area (Å²) in [5, 5.41) is 7.01. The van der Waals surface area contributed by atoms with Gasteiger partial charge in [-0.15, -0.1) is 11.3 Å². The second kappa shape index (κ2) is 7.08. The minimum Gasteiger partial charge on any atom is -0.383 e. The van der Waals surface area contributed by atoms with Gasteiger partial charge >= 0.3 is 6.03 Å². The molecule has 4 rings (SSSR count). The second-order valence-electron chi connectivity index (χ2n) is 8.28. The molecule has 4 N–H and O–H groups in total. The summed E-state index contributed by atoms with van der Waals surface area (Å²) in [5.41, 5.74) is 9.87. The van der Waals surface area contributed by atoms with Gasteiger partial charge in [0.1, 0.15) is 12.5 Å². The summed E-state index contributed by atoms with van der Waals surface area (Å²) in [4.78, 5) is 19.7. The summed E-state index contributed by atoms with van der Waals surface area (Å²) >= 11 is 1.66. The predicted octanol–water partition coefficient (Wildman–Crippen LogP) is 4.60. The lowest BCUT2D eigenvalue weighted by Gasteiger charge is -2.22. The molecule has 0 bridgehead atoms. The molecule has 0 aliphatic carbocycles. The lowest BCUT2D eigenvalue weighted by Crippen LogP contribution is -2.43. The van der Waals surface area contributed by atoms with E-state index in [4.69, 9.17) is 5.73 Å². The van der Waals surface area contributed by atoms with Crippen LogP contribution < -0.4 is 21.3 Å². The van der Waals surface area contributed by atoms with E-state index in [1.54, 1.807) is 11.3 Å². The van der Waals surface area contributed by atoms with Crippen LogP contribution in [0.5, 0.6) is 0 Å². The highest BCUT2D eigenvalue weighted by atomic mass is 32.1. The molecular weight excluding hydrogens is 382 g/mol. The smallest absolute Gasteiger partial charge is 0.319 e. The number of hydrogen-bond donors (Lipinski definition) is 3. The molecule has 3 aromatic rings. The third-order valence-electron chi connectivity index (χ3n) is 4.67. The van der Waals surface area contributed by atoms with Crippen LogP contribution in [-0.2, 0) is 0 Å². The van der Waals surface area contributed by atoms with Crippen LogP contribution in [0.2, 0.25) is 0 Å². The van der Waals surface area contributed by atoms with Gasteiger partial charge < -0.3 is 21.3 Å². The Labute approximate surface area is 174 Å². The maximum Gasteiger partial charge on any atom is 0.319 e. The number of hydrogen-bond acceptors (Lipinski definition) is 5. The average molecular weight is 408 g/mol. The molecule has 0 saturated heterocycles. The lowest BCUT2D eigenvalue weighted by atomic mass is 10.0. The van der Waals surface area contributed by atoms with Crippen molar-refractivity contribution in [3.8, 4) is 11.1 Å². The van der Waals surface area contributed by atoms with E-state index in [9.17, 15) is 4.79 Å². The summed E-state index contributed by atoms with van der Waals surface area (Å²) in [6.07, 6.45) is 0. The van der Waals surface area contributed by atoms with Crippen molar-refractivity contribution < 1.29 is 4.79 Å². The molecule has 0 unspecified atom stereocenters. The molecule has 6 nitrogen and oxygen atoms in total. The number of thiophene rings is 1. The minimum atomic E-state index is -0.288. The van der Waals surface area contributed by atoms with E-state index in [2.05, 4.69) is 38.7 Å². The average Bonchev–Trinajstić information content (AvgIpc) is 3.03. The monoisotopic (exact) mass is 407 g/mol. The molecule has 2 aromatic carbocycles. The number of rotatable bonds is 2. The Hall–Kier alpha value is -3.06. The van der Waals surface area contributed by atoms with Gasteiger partial charge in [0.25, 0.3) is 0 Å². The third kappa shape index (κ3) is 3.91. The fourth-order valence-corrected chi connectivity index (χ4v) is 4.63. The van der Waals surface area contributed by atoms with Gasteiger partial charge in [0.2, 0.25) is 0 Å². The van der Waals surface area contributed by atoms with Gasteiger partial charge in [-0.05, 0) is 50.1 Å². The van der Waals surface area contributed by atoms with Gasteiger partial charge in [0, 0.05) is 28.4 Å². The first kappa shape index (κ1) is 19.3. The number of benzene rings is 2. The van der Waals surface area contributed by atoms with Gasteiger partial charge in [0.15, 0.2) is 0 Å². The van der Waals surface area contributed by atoms with E-state index in [1.165, 1.54) is 10.1 Å². The quantitative estimate of drug-likeness (QED) is 0.580. The molecule has 0 fully saturated rings. The number of amides is 2. The molecule has 0 spiro atoms. The highest BCUT2D eigenvalue weighted by Gasteiger charge is 2.22. The molecule has 150 valence electrons. The first-order valence-corrected chi connectivity index (χ1v) is 10.3. The number of nitrogens with two attached hydrogens (primary N) is 1. The van der Waals surface area contributed by atoms with E-state index in [-0.39, 0.29) is 11.6 Å². The van der Waals surface area contributed by atoms with Crippen LogP contribution in [-0.4, -0.2) is 31.1 Å². The number of amidine groups is 1. The number of anilines is 2. The molecule has 0 atom stereocenters. The van der Waals surface area contributed by atoms with Crippen LogP contribution in [0.3, 0.4) is 0 Å². The van der Waals surface area contributed by atoms with Gasteiger partial charge in [-0.25, -0.2) is 9.79 Å². The zero-order valence-corrected chi connectivity index (χ0v) is 17.9. The van der Waals surface area contributed by atoms with Crippen LogP contribution in [0.15, 0.2) is 47.5 Å². The third-order valence-corrected chi connectivity index (χ3v) is 5.84. The topological polar surface area (TPSA) is 82.8 Å². The molecule has 0 radical (unpaired) electrons. The number of aliphatic imine (C=N–C) groups is 1. The molecule has 1 aromatic heterocycles. The standard InChI is InChI=1S/C22H25N5OS/c1-22(2,3)26-21(28)25-15-7-5-6-13(10-15)14-8-9-16-17(11-14)29-19-18(16)27(4)12-24-20(19)23/h5-11H,12H2,1-4H3,(H2,23,24)(H2,25,26,28). The van der Waals surface area contributed by atoms with Crippen molar-refractivity contribution in [1.29, 1.82) is 0 Å². The molecular formula is C22H25N5OS. The number of nitrogens with zero attached hydrogens (tertiary/aromatic N) is 2. The Bertz CT molecular complexity index is 1130.